The molecule has 1 aliphatic rings. The minimum atomic E-state index is 0.462. The van der Waals surface area contributed by atoms with Crippen LogP contribution in [0.15, 0.2) is 36.5 Å². The Hall–Kier alpha value is -1.41. The highest BCUT2D eigenvalue weighted by molar-refractivity contribution is 5.78. The summed E-state index contributed by atoms with van der Waals surface area (Å²) in [6.45, 7) is 5.55. The lowest BCUT2D eigenvalue weighted by atomic mass is 9.90. The van der Waals surface area contributed by atoms with Crippen molar-refractivity contribution in [3.63, 3.8) is 0 Å². The van der Waals surface area contributed by atoms with Crippen molar-refractivity contribution in [3.8, 4) is 0 Å². The van der Waals surface area contributed by atoms with Gasteiger partial charge in [-0.1, -0.05) is 44.9 Å². The molecule has 2 heteroatoms. The van der Waals surface area contributed by atoms with Crippen molar-refractivity contribution in [1.29, 1.82) is 0 Å². The molecule has 0 spiro atoms. The van der Waals surface area contributed by atoms with E-state index in [4.69, 9.17) is 0 Å². The Kier molecular flexibility index (Phi) is 4.54. The van der Waals surface area contributed by atoms with Gasteiger partial charge in [0.15, 0.2) is 0 Å². The Balaban J connectivity index is 1.88. The number of rotatable bonds is 5. The average Bonchev–Trinajstić information content (AvgIpc) is 3.01. The summed E-state index contributed by atoms with van der Waals surface area (Å²) in [7, 11) is 0. The van der Waals surface area contributed by atoms with E-state index in [1.54, 1.807) is 0 Å². The Labute approximate surface area is 128 Å². The summed E-state index contributed by atoms with van der Waals surface area (Å²) in [6.07, 6.45) is 7.51. The Bertz CT molecular complexity index is 593. The number of nitrogens with zero attached hydrogens (tertiary/aromatic N) is 1. The SMILES string of the molecule is CCNC(c1cnc2ccccc2c1)C1CCC(CC)C1. The first-order chi connectivity index (χ1) is 10.3. The van der Waals surface area contributed by atoms with Gasteiger partial charge in [-0.3, -0.25) is 4.98 Å². The lowest BCUT2D eigenvalue weighted by molar-refractivity contribution is 0.359. The van der Waals surface area contributed by atoms with E-state index >= 15 is 0 Å². The predicted octanol–water partition coefficient (Wildman–Crippen LogP) is 4.71. The summed E-state index contributed by atoms with van der Waals surface area (Å²) >= 11 is 0. The maximum Gasteiger partial charge on any atom is 0.0702 e. The van der Waals surface area contributed by atoms with Crippen LogP contribution in [0.1, 0.15) is 51.1 Å². The normalized spacial score (nSPS) is 23.5. The lowest BCUT2D eigenvalue weighted by Crippen LogP contribution is -2.27. The van der Waals surface area contributed by atoms with Gasteiger partial charge in [0.2, 0.25) is 0 Å². The first kappa shape index (κ1) is 14.5. The number of fused-ring (bicyclic) bond motifs is 1. The van der Waals surface area contributed by atoms with E-state index in [1.165, 1.54) is 36.6 Å². The van der Waals surface area contributed by atoms with E-state index < -0.39 is 0 Å². The van der Waals surface area contributed by atoms with Crippen LogP contribution < -0.4 is 5.32 Å². The monoisotopic (exact) mass is 282 g/mol. The quantitative estimate of drug-likeness (QED) is 0.859. The summed E-state index contributed by atoms with van der Waals surface area (Å²) in [6, 6.07) is 11.2. The zero-order chi connectivity index (χ0) is 14.7. The van der Waals surface area contributed by atoms with Crippen molar-refractivity contribution in [2.45, 2.75) is 45.6 Å². The zero-order valence-electron chi connectivity index (χ0n) is 13.2. The number of benzene rings is 1. The third kappa shape index (κ3) is 3.11. The fraction of sp³-hybridized carbons (Fsp3) is 0.526. The maximum absolute atomic E-state index is 4.65. The fourth-order valence-electron chi connectivity index (χ4n) is 3.82. The van der Waals surface area contributed by atoms with Gasteiger partial charge in [0.25, 0.3) is 0 Å². The molecule has 3 atom stereocenters. The number of para-hydroxylation sites is 1. The number of nitrogens with one attached hydrogen (secondary N) is 1. The van der Waals surface area contributed by atoms with Crippen molar-refractivity contribution >= 4 is 10.9 Å². The van der Waals surface area contributed by atoms with Gasteiger partial charge in [-0.15, -0.1) is 0 Å². The molecule has 2 aromatic rings. The number of aromatic nitrogens is 1. The van der Waals surface area contributed by atoms with Gasteiger partial charge in [0, 0.05) is 17.6 Å². The zero-order valence-corrected chi connectivity index (χ0v) is 13.2. The highest BCUT2D eigenvalue weighted by Crippen LogP contribution is 2.40. The van der Waals surface area contributed by atoms with E-state index in [9.17, 15) is 0 Å². The molecule has 0 bridgehead atoms. The summed E-state index contributed by atoms with van der Waals surface area (Å²) in [5, 5.41) is 4.96. The Morgan fingerprint density at radius 2 is 2.10 bits per heavy atom. The van der Waals surface area contributed by atoms with Crippen LogP contribution in [0.3, 0.4) is 0 Å². The molecule has 3 unspecified atom stereocenters. The third-order valence-electron chi connectivity index (χ3n) is 5.03. The minimum absolute atomic E-state index is 0.462. The van der Waals surface area contributed by atoms with Crippen molar-refractivity contribution in [2.75, 3.05) is 6.54 Å². The standard InChI is InChI=1S/C19H26N2/c1-3-14-9-10-16(11-14)19(20-4-2)17-12-15-7-5-6-8-18(15)21-13-17/h5-8,12-14,16,19-20H,3-4,9-11H2,1-2H3. The molecule has 0 amide bonds. The van der Waals surface area contributed by atoms with E-state index in [-0.39, 0.29) is 0 Å². The van der Waals surface area contributed by atoms with Gasteiger partial charge in [0.05, 0.1) is 5.52 Å². The van der Waals surface area contributed by atoms with Crippen molar-refractivity contribution in [3.05, 3.63) is 42.1 Å². The van der Waals surface area contributed by atoms with Crippen LogP contribution in [-0.2, 0) is 0 Å². The molecule has 1 fully saturated rings. The average molecular weight is 282 g/mol. The van der Waals surface area contributed by atoms with Crippen molar-refractivity contribution < 1.29 is 0 Å². The molecule has 2 nitrogen and oxygen atoms in total. The molecular weight excluding hydrogens is 256 g/mol. The largest absolute Gasteiger partial charge is 0.310 e. The molecule has 1 N–H and O–H groups in total. The number of pyridine rings is 1. The first-order valence-corrected chi connectivity index (χ1v) is 8.39. The van der Waals surface area contributed by atoms with Gasteiger partial charge >= 0.3 is 0 Å². The van der Waals surface area contributed by atoms with Crippen molar-refractivity contribution in [2.24, 2.45) is 11.8 Å². The molecule has 3 rings (SSSR count). The second-order valence-corrected chi connectivity index (χ2v) is 6.34. The van der Waals surface area contributed by atoms with Gasteiger partial charge in [-0.05, 0) is 48.9 Å². The van der Waals surface area contributed by atoms with Crippen LogP contribution in [0.2, 0.25) is 0 Å². The molecule has 1 heterocycles. The van der Waals surface area contributed by atoms with E-state index in [2.05, 4.69) is 60.7 Å². The van der Waals surface area contributed by atoms with Crippen LogP contribution in [0.5, 0.6) is 0 Å². The molecule has 112 valence electrons. The van der Waals surface area contributed by atoms with Gasteiger partial charge in [-0.25, -0.2) is 0 Å². The molecule has 1 aliphatic carbocycles. The summed E-state index contributed by atoms with van der Waals surface area (Å²) < 4.78 is 0. The Morgan fingerprint density at radius 1 is 1.24 bits per heavy atom. The molecule has 21 heavy (non-hydrogen) atoms. The lowest BCUT2D eigenvalue weighted by Gasteiger charge is -2.25. The third-order valence-corrected chi connectivity index (χ3v) is 5.03. The summed E-state index contributed by atoms with van der Waals surface area (Å²) in [4.78, 5) is 4.65. The van der Waals surface area contributed by atoms with Crippen LogP contribution in [0, 0.1) is 11.8 Å². The van der Waals surface area contributed by atoms with Crippen LogP contribution in [0.4, 0.5) is 0 Å². The molecule has 0 saturated heterocycles. The number of hydrogen-bond donors (Lipinski definition) is 1. The molecule has 1 aromatic carbocycles. The van der Waals surface area contributed by atoms with Crippen LogP contribution >= 0.6 is 0 Å². The summed E-state index contributed by atoms with van der Waals surface area (Å²) in [5.74, 6) is 1.68. The highest BCUT2D eigenvalue weighted by atomic mass is 14.9. The molecule has 0 radical (unpaired) electrons. The second-order valence-electron chi connectivity index (χ2n) is 6.34. The fourth-order valence-corrected chi connectivity index (χ4v) is 3.82. The number of hydrogen-bond acceptors (Lipinski definition) is 2. The first-order valence-electron chi connectivity index (χ1n) is 8.39. The summed E-state index contributed by atoms with van der Waals surface area (Å²) in [5.41, 5.74) is 2.45. The van der Waals surface area contributed by atoms with Crippen molar-refractivity contribution in [1.82, 2.24) is 10.3 Å². The molecule has 1 saturated carbocycles. The topological polar surface area (TPSA) is 24.9 Å². The van der Waals surface area contributed by atoms with E-state index in [0.29, 0.717) is 6.04 Å². The molecular formula is C19H26N2. The van der Waals surface area contributed by atoms with Crippen LogP contribution in [-0.4, -0.2) is 11.5 Å². The Morgan fingerprint density at radius 3 is 2.86 bits per heavy atom. The predicted molar refractivity (Wildman–Crippen MR) is 89.3 cm³/mol. The van der Waals surface area contributed by atoms with Gasteiger partial charge in [0.1, 0.15) is 0 Å². The van der Waals surface area contributed by atoms with Gasteiger partial charge < -0.3 is 5.32 Å². The molecule has 1 aromatic heterocycles. The maximum atomic E-state index is 4.65. The molecule has 0 aliphatic heterocycles. The van der Waals surface area contributed by atoms with Crippen LogP contribution in [0.25, 0.3) is 10.9 Å². The minimum Gasteiger partial charge on any atom is -0.310 e. The second kappa shape index (κ2) is 6.57. The highest BCUT2D eigenvalue weighted by Gasteiger charge is 2.30. The van der Waals surface area contributed by atoms with E-state index in [1.807, 2.05) is 0 Å². The van der Waals surface area contributed by atoms with E-state index in [0.717, 1.165) is 23.9 Å². The smallest absolute Gasteiger partial charge is 0.0702 e. The van der Waals surface area contributed by atoms with Gasteiger partial charge in [-0.2, -0.15) is 0 Å².